The van der Waals surface area contributed by atoms with E-state index in [-0.39, 0.29) is 11.2 Å². The molecule has 2 N–H and O–H groups in total. The Morgan fingerprint density at radius 2 is 1.62 bits per heavy atom. The van der Waals surface area contributed by atoms with Gasteiger partial charge in [0.2, 0.25) is 10.0 Å². The number of aromatic amines is 1. The fraction of sp³-hybridized carbons (Fsp3) is 0.524. The lowest BCUT2D eigenvalue weighted by atomic mass is 9.89. The van der Waals surface area contributed by atoms with Crippen molar-refractivity contribution in [3.63, 3.8) is 0 Å². The largest absolute Gasteiger partial charge is 0.295 e. The van der Waals surface area contributed by atoms with Gasteiger partial charge in [0.05, 0.1) is 5.75 Å². The van der Waals surface area contributed by atoms with E-state index < -0.39 is 15.4 Å². The molecular weight excluding hydrogens is 386 g/mol. The van der Waals surface area contributed by atoms with Gasteiger partial charge in [0.1, 0.15) is 0 Å². The Bertz CT molecular complexity index is 1110. The molecule has 0 aliphatic rings. The summed E-state index contributed by atoms with van der Waals surface area (Å²) in [5.74, 6) is 0.721. The van der Waals surface area contributed by atoms with Gasteiger partial charge in [-0.3, -0.25) is 9.82 Å². The minimum absolute atomic E-state index is 0.00522. The van der Waals surface area contributed by atoms with Gasteiger partial charge in [-0.05, 0) is 43.5 Å². The van der Waals surface area contributed by atoms with E-state index in [1.165, 1.54) is 0 Å². The number of aryl methyl sites for hydroxylation is 2. The Morgan fingerprint density at radius 1 is 1.00 bits per heavy atom. The third-order valence-electron chi connectivity index (χ3n) is 5.10. The quantitative estimate of drug-likeness (QED) is 0.632. The highest BCUT2D eigenvalue weighted by Gasteiger charge is 2.30. The average molecular weight is 418 g/mol. The average Bonchev–Trinajstić information content (AvgIpc) is 3.11. The Kier molecular flexibility index (Phi) is 5.28. The van der Waals surface area contributed by atoms with E-state index >= 15 is 0 Å². The van der Waals surface area contributed by atoms with Gasteiger partial charge < -0.3 is 0 Å². The third kappa shape index (κ3) is 4.80. The number of aromatic nitrogens is 4. The monoisotopic (exact) mass is 417 g/mol. The van der Waals surface area contributed by atoms with E-state index in [1.54, 1.807) is 0 Å². The number of nitrogens with zero attached hydrogens (tertiary/aromatic N) is 3. The van der Waals surface area contributed by atoms with Crippen molar-refractivity contribution in [1.82, 2.24) is 19.8 Å². The first-order chi connectivity index (χ1) is 13.3. The van der Waals surface area contributed by atoms with Crippen LogP contribution in [0.25, 0.3) is 5.65 Å². The molecule has 0 radical (unpaired) electrons. The zero-order valence-electron chi connectivity index (χ0n) is 18.3. The van der Waals surface area contributed by atoms with Crippen molar-refractivity contribution in [3.8, 4) is 0 Å². The number of fused-ring (bicyclic) bond motifs is 1. The molecule has 0 saturated carbocycles. The van der Waals surface area contributed by atoms with Crippen LogP contribution >= 0.6 is 0 Å². The number of nitrogens with one attached hydrogen (secondary N) is 2. The summed E-state index contributed by atoms with van der Waals surface area (Å²) < 4.78 is 29.9. The van der Waals surface area contributed by atoms with Gasteiger partial charge in [0.25, 0.3) is 0 Å². The highest BCUT2D eigenvalue weighted by atomic mass is 32.2. The third-order valence-corrected chi connectivity index (χ3v) is 6.39. The summed E-state index contributed by atoms with van der Waals surface area (Å²) >= 11 is 0. The lowest BCUT2D eigenvalue weighted by molar-refractivity contribution is 0.455. The Hall–Kier alpha value is -2.35. The molecule has 0 saturated heterocycles. The van der Waals surface area contributed by atoms with E-state index in [0.717, 1.165) is 28.3 Å². The van der Waals surface area contributed by atoms with Crippen molar-refractivity contribution in [1.29, 1.82) is 0 Å². The van der Waals surface area contributed by atoms with Gasteiger partial charge in [-0.1, -0.05) is 40.7 Å². The lowest BCUT2D eigenvalue weighted by Gasteiger charge is -2.22. The van der Waals surface area contributed by atoms with E-state index in [1.807, 2.05) is 56.5 Å². The second-order valence-electron chi connectivity index (χ2n) is 9.57. The molecule has 158 valence electrons. The van der Waals surface area contributed by atoms with E-state index in [0.29, 0.717) is 12.1 Å². The van der Waals surface area contributed by atoms with E-state index in [4.69, 9.17) is 0 Å². The molecule has 0 unspecified atom stereocenters. The first-order valence-electron chi connectivity index (χ1n) is 9.81. The van der Waals surface area contributed by atoms with Gasteiger partial charge in [-0.2, -0.15) is 0 Å². The number of hydrogen-bond donors (Lipinski definition) is 2. The number of rotatable bonds is 6. The van der Waals surface area contributed by atoms with Crippen LogP contribution in [-0.2, 0) is 20.9 Å². The van der Waals surface area contributed by atoms with Gasteiger partial charge in [-0.25, -0.2) is 12.9 Å². The zero-order chi connectivity index (χ0) is 21.6. The molecule has 7 nitrogen and oxygen atoms in total. The molecule has 0 bridgehead atoms. The number of H-pyrrole nitrogens is 1. The molecule has 29 heavy (non-hydrogen) atoms. The van der Waals surface area contributed by atoms with Crippen molar-refractivity contribution in [2.75, 3.05) is 10.5 Å². The number of sulfonamides is 1. The Balaban J connectivity index is 1.78. The predicted molar refractivity (Wildman–Crippen MR) is 117 cm³/mol. The van der Waals surface area contributed by atoms with Gasteiger partial charge in [0, 0.05) is 28.3 Å². The van der Waals surface area contributed by atoms with Crippen LogP contribution < -0.4 is 4.72 Å². The molecule has 3 aromatic rings. The summed E-state index contributed by atoms with van der Waals surface area (Å²) in [5, 5.41) is 12.0. The first-order valence-corrected chi connectivity index (χ1v) is 11.5. The van der Waals surface area contributed by atoms with Crippen molar-refractivity contribution in [3.05, 3.63) is 46.9 Å². The molecule has 0 fully saturated rings. The molecule has 2 aromatic heterocycles. The molecule has 1 aromatic carbocycles. The van der Waals surface area contributed by atoms with Crippen LogP contribution in [0.3, 0.4) is 0 Å². The molecule has 8 heteroatoms. The van der Waals surface area contributed by atoms with Crippen LogP contribution in [0.4, 0.5) is 5.69 Å². The molecule has 0 amide bonds. The summed E-state index contributed by atoms with van der Waals surface area (Å²) in [6.45, 7) is 14.3. The first kappa shape index (κ1) is 21.4. The molecular formula is C21H31N5O2S. The highest BCUT2D eigenvalue weighted by molar-refractivity contribution is 7.92. The van der Waals surface area contributed by atoms with Crippen LogP contribution in [0.5, 0.6) is 0 Å². The maximum absolute atomic E-state index is 12.7. The van der Waals surface area contributed by atoms with Crippen molar-refractivity contribution in [2.45, 2.75) is 65.7 Å². The van der Waals surface area contributed by atoms with Crippen LogP contribution in [-0.4, -0.2) is 34.0 Å². The van der Waals surface area contributed by atoms with Crippen LogP contribution in [0, 0.1) is 13.8 Å². The second-order valence-corrected chi connectivity index (χ2v) is 11.4. The highest BCUT2D eigenvalue weighted by Crippen LogP contribution is 2.29. The zero-order valence-corrected chi connectivity index (χ0v) is 19.1. The number of hydrogen-bond acceptors (Lipinski definition) is 4. The minimum Gasteiger partial charge on any atom is -0.295 e. The topological polar surface area (TPSA) is 92.2 Å². The summed E-state index contributed by atoms with van der Waals surface area (Å²) in [7, 11) is -3.48. The number of benzene rings is 1. The van der Waals surface area contributed by atoms with Gasteiger partial charge in [-0.15, -0.1) is 10.2 Å². The van der Waals surface area contributed by atoms with E-state index in [2.05, 4.69) is 40.8 Å². The fourth-order valence-corrected chi connectivity index (χ4v) is 4.73. The Morgan fingerprint density at radius 3 is 2.21 bits per heavy atom. The standard InChI is InChI=1S/C21H31N5O2S/c1-14-10-15(2)12-16(11-14)25-29(27,28)9-8-21(6,7)19-23-22-18-13-17(20(3,4)5)24-26(18)19/h10-13,24-25H,8-9H2,1-7H3. The maximum atomic E-state index is 12.7. The van der Waals surface area contributed by atoms with Gasteiger partial charge >= 0.3 is 0 Å². The SMILES string of the molecule is Cc1cc(C)cc(NS(=O)(=O)CCC(C)(C)c2nnc3cc(C(C)(C)C)[nH]n23)c1. The molecule has 2 heterocycles. The minimum atomic E-state index is -3.48. The summed E-state index contributed by atoms with van der Waals surface area (Å²) in [5.41, 5.74) is 3.94. The van der Waals surface area contributed by atoms with Crippen molar-refractivity contribution >= 4 is 21.4 Å². The van der Waals surface area contributed by atoms with Crippen molar-refractivity contribution < 1.29 is 8.42 Å². The van der Waals surface area contributed by atoms with Gasteiger partial charge in [0.15, 0.2) is 11.5 Å². The van der Waals surface area contributed by atoms with Crippen LogP contribution in [0.1, 0.15) is 63.7 Å². The molecule has 0 aliphatic heterocycles. The number of anilines is 1. The maximum Gasteiger partial charge on any atom is 0.232 e. The summed E-state index contributed by atoms with van der Waals surface area (Å²) in [4.78, 5) is 0. The molecule has 0 atom stereocenters. The second kappa shape index (κ2) is 7.16. The summed E-state index contributed by atoms with van der Waals surface area (Å²) in [6.07, 6.45) is 0.414. The fourth-order valence-electron chi connectivity index (χ4n) is 3.37. The lowest BCUT2D eigenvalue weighted by Crippen LogP contribution is -2.27. The predicted octanol–water partition coefficient (Wildman–Crippen LogP) is 4.08. The molecule has 0 aliphatic carbocycles. The van der Waals surface area contributed by atoms with Crippen molar-refractivity contribution in [2.24, 2.45) is 0 Å². The Labute approximate surface area is 173 Å². The normalized spacial score (nSPS) is 13.2. The molecule has 0 spiro atoms. The van der Waals surface area contributed by atoms with E-state index in [9.17, 15) is 8.42 Å². The smallest absolute Gasteiger partial charge is 0.232 e. The molecule has 3 rings (SSSR count). The van der Waals surface area contributed by atoms with Crippen LogP contribution in [0.15, 0.2) is 24.3 Å². The summed E-state index contributed by atoms with van der Waals surface area (Å²) in [6, 6.07) is 7.68. The van der Waals surface area contributed by atoms with Crippen LogP contribution in [0.2, 0.25) is 0 Å².